The molecule has 0 aromatic carbocycles. The molecule has 0 atom stereocenters. The molecular formula is C11H16F3N3. The second-order valence-corrected chi connectivity index (χ2v) is 4.18. The minimum absolute atomic E-state index is 0.287. The Bertz CT molecular complexity index is 380. The fourth-order valence-corrected chi connectivity index (χ4v) is 1.23. The van der Waals surface area contributed by atoms with Gasteiger partial charge in [0.1, 0.15) is 0 Å². The van der Waals surface area contributed by atoms with E-state index in [0.29, 0.717) is 12.6 Å². The van der Waals surface area contributed by atoms with Gasteiger partial charge in [-0.2, -0.15) is 18.3 Å². The summed E-state index contributed by atoms with van der Waals surface area (Å²) in [5.41, 5.74) is -0.0855. The van der Waals surface area contributed by atoms with Crippen molar-refractivity contribution in [3.05, 3.63) is 30.1 Å². The summed E-state index contributed by atoms with van der Waals surface area (Å²) in [6.45, 7) is 8.62. The molecule has 0 radical (unpaired) electrons. The third kappa shape index (κ3) is 4.60. The lowest BCUT2D eigenvalue weighted by Gasteiger charge is -2.10. The number of halogens is 3. The highest BCUT2D eigenvalue weighted by molar-refractivity contribution is 5.05. The van der Waals surface area contributed by atoms with Crippen molar-refractivity contribution in [3.8, 4) is 0 Å². The number of hydrogen-bond acceptors (Lipinski definition) is 2. The maximum atomic E-state index is 12.3. The topological polar surface area (TPSA) is 29.9 Å². The lowest BCUT2D eigenvalue weighted by molar-refractivity contribution is -0.141. The van der Waals surface area contributed by atoms with Gasteiger partial charge in [-0.1, -0.05) is 20.4 Å². The van der Waals surface area contributed by atoms with Crippen molar-refractivity contribution in [1.29, 1.82) is 0 Å². The molecule has 0 spiro atoms. The van der Waals surface area contributed by atoms with Crippen molar-refractivity contribution in [3.63, 3.8) is 0 Å². The Kier molecular flexibility index (Phi) is 4.34. The molecule has 1 aromatic heterocycles. The normalized spacial score (nSPS) is 12.1. The molecule has 96 valence electrons. The molecule has 0 aliphatic carbocycles. The fourth-order valence-electron chi connectivity index (χ4n) is 1.23. The summed E-state index contributed by atoms with van der Waals surface area (Å²) in [5, 5.41) is 6.59. The minimum Gasteiger partial charge on any atom is -0.311 e. The molecule has 0 bridgehead atoms. The standard InChI is InChI=1S/C11H16F3N3/c1-8(2)15-6-9(3)7-17-5-4-10(16-17)11(12,13)14/h4-5,8,15H,3,6-7H2,1-2H3. The van der Waals surface area contributed by atoms with Gasteiger partial charge in [0.15, 0.2) is 5.69 Å². The first-order chi connectivity index (χ1) is 7.79. The second kappa shape index (κ2) is 5.35. The predicted octanol–water partition coefficient (Wildman–Crippen LogP) is 2.46. The highest BCUT2D eigenvalue weighted by Gasteiger charge is 2.33. The Morgan fingerprint density at radius 1 is 1.53 bits per heavy atom. The number of rotatable bonds is 5. The molecule has 0 saturated carbocycles. The molecular weight excluding hydrogens is 231 g/mol. The molecule has 0 saturated heterocycles. The van der Waals surface area contributed by atoms with Gasteiger partial charge in [0.25, 0.3) is 0 Å². The largest absolute Gasteiger partial charge is 0.435 e. The Morgan fingerprint density at radius 3 is 2.65 bits per heavy atom. The van der Waals surface area contributed by atoms with Gasteiger partial charge in [0, 0.05) is 18.8 Å². The maximum absolute atomic E-state index is 12.3. The molecule has 1 heterocycles. The van der Waals surface area contributed by atoms with Gasteiger partial charge in [0.2, 0.25) is 0 Å². The summed E-state index contributed by atoms with van der Waals surface area (Å²) >= 11 is 0. The molecule has 0 unspecified atom stereocenters. The lowest BCUT2D eigenvalue weighted by atomic mass is 10.3. The minimum atomic E-state index is -4.39. The van der Waals surface area contributed by atoms with E-state index in [1.54, 1.807) is 0 Å². The number of hydrogen-bond donors (Lipinski definition) is 1. The summed E-state index contributed by atoms with van der Waals surface area (Å²) in [5.74, 6) is 0. The molecule has 0 fully saturated rings. The van der Waals surface area contributed by atoms with Crippen LogP contribution in [0.15, 0.2) is 24.4 Å². The zero-order chi connectivity index (χ0) is 13.1. The number of alkyl halides is 3. The highest BCUT2D eigenvalue weighted by Crippen LogP contribution is 2.27. The van der Waals surface area contributed by atoms with E-state index in [4.69, 9.17) is 0 Å². The molecule has 0 aliphatic rings. The zero-order valence-corrected chi connectivity index (χ0v) is 9.88. The molecule has 3 nitrogen and oxygen atoms in total. The summed E-state index contributed by atoms with van der Waals surface area (Å²) in [4.78, 5) is 0. The van der Waals surface area contributed by atoms with E-state index in [2.05, 4.69) is 17.0 Å². The highest BCUT2D eigenvalue weighted by atomic mass is 19.4. The molecule has 0 aliphatic heterocycles. The molecule has 6 heteroatoms. The van der Waals surface area contributed by atoms with Crippen molar-refractivity contribution in [1.82, 2.24) is 15.1 Å². The van der Waals surface area contributed by atoms with Crippen LogP contribution in [-0.4, -0.2) is 22.4 Å². The van der Waals surface area contributed by atoms with Gasteiger partial charge in [-0.05, 0) is 11.6 Å². The lowest BCUT2D eigenvalue weighted by Crippen LogP contribution is -2.26. The van der Waals surface area contributed by atoms with E-state index in [-0.39, 0.29) is 6.54 Å². The van der Waals surface area contributed by atoms with Crippen molar-refractivity contribution in [2.75, 3.05) is 6.54 Å². The summed E-state index contributed by atoms with van der Waals surface area (Å²) in [7, 11) is 0. The van der Waals surface area contributed by atoms with Crippen LogP contribution >= 0.6 is 0 Å². The van der Waals surface area contributed by atoms with Crippen LogP contribution in [0, 0.1) is 0 Å². The smallest absolute Gasteiger partial charge is 0.311 e. The van der Waals surface area contributed by atoms with Gasteiger partial charge in [-0.15, -0.1) is 0 Å². The van der Waals surface area contributed by atoms with Crippen LogP contribution in [0.2, 0.25) is 0 Å². The second-order valence-electron chi connectivity index (χ2n) is 4.18. The number of nitrogens with zero attached hydrogens (tertiary/aromatic N) is 2. The Balaban J connectivity index is 2.52. The fraction of sp³-hybridized carbons (Fsp3) is 0.545. The van der Waals surface area contributed by atoms with Gasteiger partial charge in [-0.25, -0.2) is 0 Å². The molecule has 1 aromatic rings. The Labute approximate surface area is 98.3 Å². The SMILES string of the molecule is C=C(CNC(C)C)Cn1ccc(C(F)(F)F)n1. The molecule has 0 amide bonds. The monoisotopic (exact) mass is 247 g/mol. The van der Waals surface area contributed by atoms with Crippen LogP contribution in [0.25, 0.3) is 0 Å². The van der Waals surface area contributed by atoms with Gasteiger partial charge in [0.05, 0.1) is 6.54 Å². The van der Waals surface area contributed by atoms with E-state index in [9.17, 15) is 13.2 Å². The van der Waals surface area contributed by atoms with E-state index in [1.165, 1.54) is 10.9 Å². The molecule has 1 N–H and O–H groups in total. The van der Waals surface area contributed by atoms with Gasteiger partial charge >= 0.3 is 6.18 Å². The average Bonchev–Trinajstić information content (AvgIpc) is 2.62. The number of nitrogens with one attached hydrogen (secondary N) is 1. The van der Waals surface area contributed by atoms with Crippen molar-refractivity contribution >= 4 is 0 Å². The third-order valence-electron chi connectivity index (χ3n) is 2.08. The Hall–Kier alpha value is -1.30. The zero-order valence-electron chi connectivity index (χ0n) is 9.88. The maximum Gasteiger partial charge on any atom is 0.435 e. The van der Waals surface area contributed by atoms with Crippen LogP contribution in [-0.2, 0) is 12.7 Å². The summed E-state index contributed by atoms with van der Waals surface area (Å²) in [6, 6.07) is 1.28. The van der Waals surface area contributed by atoms with Crippen LogP contribution in [0.3, 0.4) is 0 Å². The van der Waals surface area contributed by atoms with Crippen LogP contribution in [0.5, 0.6) is 0 Å². The van der Waals surface area contributed by atoms with Gasteiger partial charge in [-0.3, -0.25) is 4.68 Å². The first-order valence-electron chi connectivity index (χ1n) is 5.29. The summed E-state index contributed by atoms with van der Waals surface area (Å²) < 4.78 is 38.1. The first-order valence-corrected chi connectivity index (χ1v) is 5.29. The first kappa shape index (κ1) is 13.8. The molecule has 17 heavy (non-hydrogen) atoms. The molecule has 1 rings (SSSR count). The average molecular weight is 247 g/mol. The third-order valence-corrected chi connectivity index (χ3v) is 2.08. The van der Waals surface area contributed by atoms with Crippen molar-refractivity contribution in [2.45, 2.75) is 32.6 Å². The van der Waals surface area contributed by atoms with E-state index >= 15 is 0 Å². The van der Waals surface area contributed by atoms with Crippen molar-refractivity contribution < 1.29 is 13.2 Å². The number of aromatic nitrogens is 2. The Morgan fingerprint density at radius 2 is 2.18 bits per heavy atom. The summed E-state index contributed by atoms with van der Waals surface area (Å²) in [6.07, 6.45) is -3.08. The van der Waals surface area contributed by atoms with Crippen molar-refractivity contribution in [2.24, 2.45) is 0 Å². The van der Waals surface area contributed by atoms with Crippen LogP contribution in [0.1, 0.15) is 19.5 Å². The van der Waals surface area contributed by atoms with Crippen LogP contribution < -0.4 is 5.32 Å². The van der Waals surface area contributed by atoms with E-state index in [0.717, 1.165) is 11.6 Å². The van der Waals surface area contributed by atoms with Crippen LogP contribution in [0.4, 0.5) is 13.2 Å². The van der Waals surface area contributed by atoms with Gasteiger partial charge < -0.3 is 5.32 Å². The quantitative estimate of drug-likeness (QED) is 0.810. The predicted molar refractivity (Wildman–Crippen MR) is 59.5 cm³/mol. The van der Waals surface area contributed by atoms with E-state index in [1.807, 2.05) is 13.8 Å². The van der Waals surface area contributed by atoms with E-state index < -0.39 is 11.9 Å².